The van der Waals surface area contributed by atoms with Gasteiger partial charge in [-0.1, -0.05) is 12.8 Å². The van der Waals surface area contributed by atoms with Crippen LogP contribution in [0.4, 0.5) is 5.00 Å². The molecular weight excluding hydrogens is 380 g/mol. The van der Waals surface area contributed by atoms with Crippen LogP contribution in [0.1, 0.15) is 74.1 Å². The van der Waals surface area contributed by atoms with Crippen molar-refractivity contribution in [2.45, 2.75) is 45.4 Å². The molecule has 2 heterocycles. The third kappa shape index (κ3) is 4.22. The van der Waals surface area contributed by atoms with Crippen molar-refractivity contribution in [2.24, 2.45) is 0 Å². The summed E-state index contributed by atoms with van der Waals surface area (Å²) < 4.78 is 5.23. The SMILES string of the molecule is CCOC(=O)c1c(NC(=O)c2ccncc2C(=O)O)sc2c1CCCCCC2. The Morgan fingerprint density at radius 3 is 2.64 bits per heavy atom. The molecule has 2 N–H and O–H groups in total. The molecule has 1 aliphatic rings. The number of nitrogens with zero attached hydrogens (tertiary/aromatic N) is 1. The van der Waals surface area contributed by atoms with Crippen LogP contribution in [0.15, 0.2) is 18.5 Å². The van der Waals surface area contributed by atoms with E-state index in [2.05, 4.69) is 10.3 Å². The number of hydrogen-bond acceptors (Lipinski definition) is 6. The van der Waals surface area contributed by atoms with Crippen LogP contribution in [0.5, 0.6) is 0 Å². The van der Waals surface area contributed by atoms with Crippen LogP contribution in [0.25, 0.3) is 0 Å². The number of carboxylic acid groups (broad SMARTS) is 1. The van der Waals surface area contributed by atoms with Crippen LogP contribution in [-0.4, -0.2) is 34.5 Å². The highest BCUT2D eigenvalue weighted by Crippen LogP contribution is 2.38. The Morgan fingerprint density at radius 2 is 1.93 bits per heavy atom. The first-order valence-electron chi connectivity index (χ1n) is 9.33. The minimum atomic E-state index is -1.23. The number of esters is 1. The lowest BCUT2D eigenvalue weighted by atomic mass is 9.96. The molecule has 0 aliphatic heterocycles. The van der Waals surface area contributed by atoms with Gasteiger partial charge in [-0.15, -0.1) is 11.3 Å². The molecule has 0 fully saturated rings. The second kappa shape index (κ2) is 8.97. The van der Waals surface area contributed by atoms with E-state index in [4.69, 9.17) is 4.74 Å². The summed E-state index contributed by atoms with van der Waals surface area (Å²) in [5.41, 5.74) is 1.17. The first-order valence-corrected chi connectivity index (χ1v) is 10.1. The molecule has 0 saturated carbocycles. The molecule has 2 aromatic rings. The summed E-state index contributed by atoms with van der Waals surface area (Å²) in [6.07, 6.45) is 8.40. The van der Waals surface area contributed by atoms with Crippen LogP contribution in [0, 0.1) is 0 Å². The third-order valence-corrected chi connectivity index (χ3v) is 5.88. The fraction of sp³-hybridized carbons (Fsp3) is 0.400. The molecule has 148 valence electrons. The van der Waals surface area contributed by atoms with Crippen molar-refractivity contribution in [1.29, 1.82) is 0 Å². The average molecular weight is 402 g/mol. The Balaban J connectivity index is 1.99. The van der Waals surface area contributed by atoms with E-state index in [0.29, 0.717) is 10.6 Å². The van der Waals surface area contributed by atoms with Crippen molar-refractivity contribution in [1.82, 2.24) is 4.98 Å². The fourth-order valence-electron chi connectivity index (χ4n) is 3.36. The van der Waals surface area contributed by atoms with Crippen molar-refractivity contribution >= 4 is 34.2 Å². The van der Waals surface area contributed by atoms with Crippen LogP contribution >= 0.6 is 11.3 Å². The molecule has 1 amide bonds. The van der Waals surface area contributed by atoms with Gasteiger partial charge in [0.05, 0.1) is 23.3 Å². The zero-order valence-corrected chi connectivity index (χ0v) is 16.4. The number of carbonyl (C=O) groups is 3. The third-order valence-electron chi connectivity index (χ3n) is 4.67. The second-order valence-corrected chi connectivity index (χ2v) is 7.63. The number of thiophene rings is 1. The molecule has 0 bridgehead atoms. The molecule has 0 aromatic carbocycles. The molecule has 0 radical (unpaired) electrons. The number of anilines is 1. The standard InChI is InChI=1S/C20H22N2O5S/c1-2-27-20(26)16-13-7-5-3-4-6-8-15(13)28-18(16)22-17(23)12-9-10-21-11-14(12)19(24)25/h9-11H,2-8H2,1H3,(H,22,23)(H,24,25). The normalized spacial score (nSPS) is 13.8. The summed E-state index contributed by atoms with van der Waals surface area (Å²) in [5, 5.41) is 12.5. The van der Waals surface area contributed by atoms with Crippen LogP contribution in [0.2, 0.25) is 0 Å². The fourth-order valence-corrected chi connectivity index (χ4v) is 4.63. The molecule has 28 heavy (non-hydrogen) atoms. The van der Waals surface area contributed by atoms with Gasteiger partial charge in [0.2, 0.25) is 0 Å². The molecule has 7 nitrogen and oxygen atoms in total. The maximum absolute atomic E-state index is 12.8. The Kier molecular flexibility index (Phi) is 6.41. The molecule has 0 saturated heterocycles. The van der Waals surface area contributed by atoms with E-state index in [1.54, 1.807) is 6.92 Å². The quantitative estimate of drug-likeness (QED) is 0.734. The molecule has 1 aliphatic carbocycles. The summed E-state index contributed by atoms with van der Waals surface area (Å²) in [7, 11) is 0. The Labute approximate surface area is 166 Å². The number of carbonyl (C=O) groups excluding carboxylic acids is 2. The van der Waals surface area contributed by atoms with Crippen LogP contribution in [-0.2, 0) is 17.6 Å². The number of rotatable bonds is 5. The van der Waals surface area contributed by atoms with E-state index in [9.17, 15) is 19.5 Å². The lowest BCUT2D eigenvalue weighted by molar-refractivity contribution is 0.0526. The summed E-state index contributed by atoms with van der Waals surface area (Å²) in [6.45, 7) is 1.98. The maximum Gasteiger partial charge on any atom is 0.341 e. The number of hydrogen-bond donors (Lipinski definition) is 2. The van der Waals surface area contributed by atoms with E-state index >= 15 is 0 Å². The van der Waals surface area contributed by atoms with Crippen LogP contribution in [0.3, 0.4) is 0 Å². The predicted molar refractivity (Wildman–Crippen MR) is 105 cm³/mol. The molecule has 0 spiro atoms. The van der Waals surface area contributed by atoms with Crippen LogP contribution < -0.4 is 5.32 Å². The van der Waals surface area contributed by atoms with E-state index < -0.39 is 17.8 Å². The summed E-state index contributed by atoms with van der Waals surface area (Å²) in [6, 6.07) is 1.35. The number of ether oxygens (including phenoxy) is 1. The number of nitrogens with one attached hydrogen (secondary N) is 1. The lowest BCUT2D eigenvalue weighted by Gasteiger charge is -2.11. The summed E-state index contributed by atoms with van der Waals surface area (Å²) in [5.74, 6) is -2.27. The molecule has 0 atom stereocenters. The van der Waals surface area contributed by atoms with Gasteiger partial charge in [-0.2, -0.15) is 0 Å². The van der Waals surface area contributed by atoms with E-state index in [1.807, 2.05) is 0 Å². The number of amides is 1. The highest BCUT2D eigenvalue weighted by molar-refractivity contribution is 7.17. The average Bonchev–Trinajstić information content (AvgIpc) is 2.98. The second-order valence-electron chi connectivity index (χ2n) is 6.52. The van der Waals surface area contributed by atoms with Gasteiger partial charge in [0.1, 0.15) is 5.00 Å². The highest BCUT2D eigenvalue weighted by atomic mass is 32.1. The number of aromatic nitrogens is 1. The van der Waals surface area contributed by atoms with Gasteiger partial charge >= 0.3 is 11.9 Å². The van der Waals surface area contributed by atoms with Gasteiger partial charge in [0.25, 0.3) is 5.91 Å². The molecule has 3 rings (SSSR count). The van der Waals surface area contributed by atoms with Gasteiger partial charge in [-0.05, 0) is 44.2 Å². The summed E-state index contributed by atoms with van der Waals surface area (Å²) >= 11 is 1.38. The first kappa shape index (κ1) is 20.0. The number of fused-ring (bicyclic) bond motifs is 1. The monoisotopic (exact) mass is 402 g/mol. The number of aromatic carboxylic acids is 1. The van der Waals surface area contributed by atoms with Crippen molar-refractivity contribution in [2.75, 3.05) is 11.9 Å². The van der Waals surface area contributed by atoms with Crippen molar-refractivity contribution in [3.05, 3.63) is 45.6 Å². The molecule has 2 aromatic heterocycles. The van der Waals surface area contributed by atoms with Crippen molar-refractivity contribution in [3.8, 4) is 0 Å². The van der Waals surface area contributed by atoms with Gasteiger partial charge in [0.15, 0.2) is 0 Å². The Bertz CT molecular complexity index is 906. The van der Waals surface area contributed by atoms with Gasteiger partial charge in [-0.25, -0.2) is 9.59 Å². The number of aryl methyl sites for hydroxylation is 1. The smallest absolute Gasteiger partial charge is 0.341 e. The topological polar surface area (TPSA) is 106 Å². The molecule has 8 heteroatoms. The van der Waals surface area contributed by atoms with Crippen molar-refractivity contribution in [3.63, 3.8) is 0 Å². The zero-order chi connectivity index (χ0) is 20.1. The molecule has 0 unspecified atom stereocenters. The van der Waals surface area contributed by atoms with Gasteiger partial charge in [0, 0.05) is 17.3 Å². The molecular formula is C20H22N2O5S. The Morgan fingerprint density at radius 1 is 1.18 bits per heavy atom. The number of carboxylic acids is 1. The first-order chi connectivity index (χ1) is 13.5. The highest BCUT2D eigenvalue weighted by Gasteiger charge is 2.27. The predicted octanol–water partition coefficient (Wildman–Crippen LogP) is 3.93. The maximum atomic E-state index is 12.8. The van der Waals surface area contributed by atoms with E-state index in [1.165, 1.54) is 23.6 Å². The Hall–Kier alpha value is -2.74. The number of pyridine rings is 1. The summed E-state index contributed by atoms with van der Waals surface area (Å²) in [4.78, 5) is 41.6. The largest absolute Gasteiger partial charge is 0.478 e. The van der Waals surface area contributed by atoms with Crippen molar-refractivity contribution < 1.29 is 24.2 Å². The van der Waals surface area contributed by atoms with Gasteiger partial charge in [-0.3, -0.25) is 9.78 Å². The minimum absolute atomic E-state index is 0.00174. The zero-order valence-electron chi connectivity index (χ0n) is 15.6. The lowest BCUT2D eigenvalue weighted by Crippen LogP contribution is -2.18. The van der Waals surface area contributed by atoms with E-state index in [0.717, 1.165) is 55.2 Å². The minimum Gasteiger partial charge on any atom is -0.478 e. The van der Waals surface area contributed by atoms with E-state index in [-0.39, 0.29) is 17.7 Å². The van der Waals surface area contributed by atoms with Gasteiger partial charge < -0.3 is 15.2 Å².